The molecule has 0 radical (unpaired) electrons. The Morgan fingerprint density at radius 3 is 2.32 bits per heavy atom. The number of ether oxygens (including phenoxy) is 4. The molecule has 0 aromatic rings. The van der Waals surface area contributed by atoms with E-state index in [4.69, 9.17) is 18.9 Å². The van der Waals surface area contributed by atoms with Gasteiger partial charge >= 0.3 is 17.9 Å². The van der Waals surface area contributed by atoms with Crippen molar-refractivity contribution in [2.75, 3.05) is 7.11 Å². The van der Waals surface area contributed by atoms with Crippen molar-refractivity contribution in [3.05, 3.63) is 36.0 Å². The number of amides is 2. The number of esters is 3. The first-order valence-corrected chi connectivity index (χ1v) is 15.0. The van der Waals surface area contributed by atoms with Gasteiger partial charge in [0.1, 0.15) is 17.8 Å². The second kappa shape index (κ2) is 10.2. The summed E-state index contributed by atoms with van der Waals surface area (Å²) in [6.07, 6.45) is 1.96. The topological polar surface area (TPSA) is 155 Å². The minimum absolute atomic E-state index is 0.116. The van der Waals surface area contributed by atoms with Crippen LogP contribution in [0.2, 0.25) is 0 Å². The van der Waals surface area contributed by atoms with Crippen LogP contribution in [0.25, 0.3) is 0 Å². The number of hydrogen-bond acceptors (Lipinski definition) is 10. The Balaban J connectivity index is 1.75. The zero-order valence-corrected chi connectivity index (χ0v) is 26.5. The molecule has 44 heavy (non-hydrogen) atoms. The molecule has 5 aliphatic rings. The van der Waals surface area contributed by atoms with Gasteiger partial charge in [0, 0.05) is 41.2 Å². The van der Waals surface area contributed by atoms with Gasteiger partial charge in [0.25, 0.3) is 11.8 Å². The summed E-state index contributed by atoms with van der Waals surface area (Å²) in [5, 5.41) is 2.31. The van der Waals surface area contributed by atoms with Gasteiger partial charge in [-0.1, -0.05) is 54.2 Å². The van der Waals surface area contributed by atoms with Gasteiger partial charge < -0.3 is 18.9 Å². The highest BCUT2D eigenvalue weighted by atomic mass is 16.6. The minimum Gasteiger partial charge on any atom is -0.469 e. The van der Waals surface area contributed by atoms with E-state index in [-0.39, 0.29) is 17.8 Å². The fourth-order valence-corrected chi connectivity index (χ4v) is 8.80. The van der Waals surface area contributed by atoms with Crippen molar-refractivity contribution < 1.29 is 47.7 Å². The lowest BCUT2D eigenvalue weighted by Gasteiger charge is -2.59. The van der Waals surface area contributed by atoms with Gasteiger partial charge in [0.15, 0.2) is 5.78 Å². The van der Waals surface area contributed by atoms with Gasteiger partial charge in [0.2, 0.25) is 0 Å². The molecule has 5 rings (SSSR count). The van der Waals surface area contributed by atoms with Crippen LogP contribution in [0.5, 0.6) is 0 Å². The van der Waals surface area contributed by atoms with E-state index in [1.807, 2.05) is 13.8 Å². The monoisotopic (exact) mass is 611 g/mol. The fourth-order valence-electron chi connectivity index (χ4n) is 8.80. The van der Waals surface area contributed by atoms with Crippen molar-refractivity contribution in [3.8, 4) is 0 Å². The number of carbonyl (C=O) groups excluding carboxylic acids is 6. The maximum atomic E-state index is 13.4. The number of ketones is 1. The van der Waals surface area contributed by atoms with Crippen LogP contribution in [-0.4, -0.2) is 66.5 Å². The quantitative estimate of drug-likeness (QED) is 0.149. The summed E-state index contributed by atoms with van der Waals surface area (Å²) < 4.78 is 23.9. The van der Waals surface area contributed by atoms with E-state index in [2.05, 4.69) is 11.9 Å². The molecule has 3 aliphatic carbocycles. The predicted octanol–water partition coefficient (Wildman–Crippen LogP) is 2.77. The van der Waals surface area contributed by atoms with E-state index in [1.165, 1.54) is 26.2 Å². The van der Waals surface area contributed by atoms with E-state index in [1.54, 1.807) is 33.8 Å². The molecule has 0 aromatic carbocycles. The zero-order chi connectivity index (χ0) is 32.7. The summed E-state index contributed by atoms with van der Waals surface area (Å²) in [6.45, 7) is 16.4. The first kappa shape index (κ1) is 31.8. The Morgan fingerprint density at radius 1 is 1.11 bits per heavy atom. The van der Waals surface area contributed by atoms with Gasteiger partial charge in [-0.25, -0.2) is 0 Å². The first-order valence-electron chi connectivity index (χ1n) is 15.0. The van der Waals surface area contributed by atoms with Gasteiger partial charge in [-0.15, -0.1) is 0 Å². The normalized spacial score (nSPS) is 40.2. The molecular formula is C33H41NO10. The number of nitrogens with one attached hydrogen (secondary N) is 1. The molecule has 0 unspecified atom stereocenters. The molecular weight excluding hydrogens is 570 g/mol. The van der Waals surface area contributed by atoms with Crippen LogP contribution in [0.15, 0.2) is 36.0 Å². The van der Waals surface area contributed by atoms with Crippen LogP contribution in [0.3, 0.4) is 0 Å². The summed E-state index contributed by atoms with van der Waals surface area (Å²) in [7, 11) is 1.28. The van der Waals surface area contributed by atoms with E-state index in [0.717, 1.165) is 0 Å². The number of epoxide rings is 1. The number of imide groups is 1. The number of methoxy groups -OCH3 is 1. The van der Waals surface area contributed by atoms with Crippen LogP contribution in [-0.2, 0) is 47.7 Å². The largest absolute Gasteiger partial charge is 0.469 e. The Hall–Kier alpha value is -3.60. The summed E-state index contributed by atoms with van der Waals surface area (Å²) in [4.78, 5) is 77.5. The molecule has 1 N–H and O–H groups in total. The number of rotatable bonds is 7. The van der Waals surface area contributed by atoms with Crippen molar-refractivity contribution in [2.24, 2.45) is 39.9 Å². The Morgan fingerprint density at radius 2 is 1.77 bits per heavy atom. The molecule has 11 nitrogen and oxygen atoms in total. The van der Waals surface area contributed by atoms with Crippen LogP contribution < -0.4 is 5.32 Å². The molecule has 1 saturated heterocycles. The van der Waals surface area contributed by atoms with Crippen molar-refractivity contribution in [1.82, 2.24) is 5.32 Å². The summed E-state index contributed by atoms with van der Waals surface area (Å²) >= 11 is 0. The third-order valence-corrected chi connectivity index (χ3v) is 11.1. The smallest absolute Gasteiger partial charge is 0.308 e. The minimum atomic E-state index is -1.18. The maximum Gasteiger partial charge on any atom is 0.308 e. The molecule has 2 amide bonds. The lowest BCUT2D eigenvalue weighted by atomic mass is 9.46. The molecule has 238 valence electrons. The van der Waals surface area contributed by atoms with Crippen LogP contribution in [0.4, 0.5) is 0 Å². The number of hydrogen-bond donors (Lipinski definition) is 1. The molecule has 2 aliphatic heterocycles. The van der Waals surface area contributed by atoms with Gasteiger partial charge in [-0.05, 0) is 24.0 Å². The summed E-state index contributed by atoms with van der Waals surface area (Å²) in [6, 6.07) is 0. The molecule has 2 saturated carbocycles. The van der Waals surface area contributed by atoms with Crippen molar-refractivity contribution >= 4 is 35.5 Å². The second-order valence-corrected chi connectivity index (χ2v) is 14.0. The number of carbonyl (C=O) groups is 6. The molecule has 11 heteroatoms. The molecule has 1 spiro atoms. The first-order chi connectivity index (χ1) is 20.4. The van der Waals surface area contributed by atoms with Crippen LogP contribution in [0, 0.1) is 39.9 Å². The third kappa shape index (κ3) is 4.25. The lowest BCUT2D eigenvalue weighted by molar-refractivity contribution is -0.212. The number of allylic oxidation sites excluding steroid dienone is 2. The highest BCUT2D eigenvalue weighted by Crippen LogP contribution is 2.75. The maximum absolute atomic E-state index is 13.4. The third-order valence-electron chi connectivity index (χ3n) is 11.1. The average Bonchev–Trinajstić information content (AvgIpc) is 3.48. The van der Waals surface area contributed by atoms with E-state index in [0.29, 0.717) is 12.0 Å². The molecule has 0 bridgehead atoms. The standard InChI is InChI=1S/C33H41NO10/c1-15(2)29(40)43-27-26(42-17(4)35)25(31(7)11-10-21(36)30(5,6)20(31)14-24(38)41-9)16(3)33-22(44-33)13-19(32(27,33)8)18-12-23(37)34-28(18)39/h10-12,15,19-20,22,25-27H,3,13-14H2,1-2,4-9H3,(H,34,37,39)/t19-,20-,22+,25+,26+,27-,31-,32+,33+/m0/s1. The average molecular weight is 612 g/mol. The molecule has 0 aromatic heterocycles. The van der Waals surface area contributed by atoms with E-state index >= 15 is 0 Å². The lowest BCUT2D eigenvalue weighted by Crippen LogP contribution is -2.67. The fraction of sp³-hybridized carbons (Fsp3) is 0.636. The second-order valence-electron chi connectivity index (χ2n) is 14.0. The highest BCUT2D eigenvalue weighted by Gasteiger charge is 2.84. The predicted molar refractivity (Wildman–Crippen MR) is 154 cm³/mol. The van der Waals surface area contributed by atoms with E-state index in [9.17, 15) is 28.8 Å². The van der Waals surface area contributed by atoms with Crippen molar-refractivity contribution in [2.45, 2.75) is 85.2 Å². The SMILES string of the molecule is C=C1[C@@H]([C@@]2(C)C=CC(=O)C(C)(C)[C@@H]2CC(=O)OC)[C@@H](OC(C)=O)[C@H](OC(=O)C(C)C)[C@@]2(C)[C@H](C3=CC(=O)NC3=O)C[C@H]3O[C@]132. The zero-order valence-electron chi connectivity index (χ0n) is 26.5. The van der Waals surface area contributed by atoms with Crippen LogP contribution >= 0.6 is 0 Å². The van der Waals surface area contributed by atoms with E-state index < -0.39 is 93.6 Å². The molecule has 3 fully saturated rings. The Bertz CT molecular complexity index is 1440. The van der Waals surface area contributed by atoms with Crippen molar-refractivity contribution in [1.29, 1.82) is 0 Å². The summed E-state index contributed by atoms with van der Waals surface area (Å²) in [5.74, 6) is -5.55. The Labute approximate surface area is 256 Å². The van der Waals surface area contributed by atoms with Gasteiger partial charge in [-0.3, -0.25) is 34.1 Å². The highest BCUT2D eigenvalue weighted by molar-refractivity contribution is 6.16. The van der Waals surface area contributed by atoms with Gasteiger partial charge in [0.05, 0.1) is 31.0 Å². The van der Waals surface area contributed by atoms with Crippen LogP contribution in [0.1, 0.15) is 61.3 Å². The van der Waals surface area contributed by atoms with Gasteiger partial charge in [-0.2, -0.15) is 0 Å². The van der Waals surface area contributed by atoms with Crippen molar-refractivity contribution in [3.63, 3.8) is 0 Å². The summed E-state index contributed by atoms with van der Waals surface area (Å²) in [5.41, 5.74) is -3.59. The molecule has 9 atom stereocenters. The molecule has 2 heterocycles. The Kier molecular flexibility index (Phi) is 7.39.